The molecule has 1 amide bonds. The average Bonchev–Trinajstić information content (AvgIpc) is 2.69. The van der Waals surface area contributed by atoms with E-state index in [0.29, 0.717) is 13.1 Å². The van der Waals surface area contributed by atoms with E-state index in [4.69, 9.17) is 10.5 Å². The third kappa shape index (κ3) is 2.61. The second-order valence-electron chi connectivity index (χ2n) is 5.35. The molecule has 1 aromatic heterocycles. The normalized spacial score (nSPS) is 14.6. The van der Waals surface area contributed by atoms with Gasteiger partial charge in [-0.05, 0) is 32.9 Å². The number of ether oxygens (including phenoxy) is 1. The van der Waals surface area contributed by atoms with Gasteiger partial charge in [-0.3, -0.25) is 9.88 Å². The SMILES string of the molecule is CC(C)(C)OC(=O)N1CCc2nc(CN)ccc21. The first kappa shape index (κ1) is 12.8. The van der Waals surface area contributed by atoms with Crippen LogP contribution in [0.15, 0.2) is 12.1 Å². The van der Waals surface area contributed by atoms with Crippen molar-refractivity contribution < 1.29 is 9.53 Å². The number of carbonyl (C=O) groups excluding carboxylic acids is 1. The van der Waals surface area contributed by atoms with Crippen LogP contribution in [0.2, 0.25) is 0 Å². The van der Waals surface area contributed by atoms with Gasteiger partial charge in [-0.2, -0.15) is 0 Å². The first-order valence-corrected chi connectivity index (χ1v) is 6.10. The van der Waals surface area contributed by atoms with Crippen molar-refractivity contribution in [3.05, 3.63) is 23.5 Å². The molecule has 0 unspecified atom stereocenters. The highest BCUT2D eigenvalue weighted by Crippen LogP contribution is 2.28. The topological polar surface area (TPSA) is 68.5 Å². The first-order valence-electron chi connectivity index (χ1n) is 6.10. The zero-order valence-corrected chi connectivity index (χ0v) is 11.1. The number of nitrogens with two attached hydrogens (primary N) is 1. The Labute approximate surface area is 107 Å². The Kier molecular flexibility index (Phi) is 3.26. The number of hydrogen-bond donors (Lipinski definition) is 1. The highest BCUT2D eigenvalue weighted by Gasteiger charge is 2.29. The zero-order valence-electron chi connectivity index (χ0n) is 11.1. The molecule has 2 rings (SSSR count). The van der Waals surface area contributed by atoms with E-state index < -0.39 is 5.60 Å². The highest BCUT2D eigenvalue weighted by atomic mass is 16.6. The maximum atomic E-state index is 12.0. The number of pyridine rings is 1. The van der Waals surface area contributed by atoms with Crippen LogP contribution in [0, 0.1) is 0 Å². The van der Waals surface area contributed by atoms with E-state index in [1.165, 1.54) is 0 Å². The van der Waals surface area contributed by atoms with Crippen LogP contribution in [0.5, 0.6) is 0 Å². The summed E-state index contributed by atoms with van der Waals surface area (Å²) in [6.45, 7) is 6.61. The molecule has 0 saturated heterocycles. The maximum Gasteiger partial charge on any atom is 0.414 e. The molecule has 1 aliphatic heterocycles. The molecule has 18 heavy (non-hydrogen) atoms. The van der Waals surface area contributed by atoms with Gasteiger partial charge in [0.05, 0.1) is 17.1 Å². The Morgan fingerprint density at radius 3 is 2.83 bits per heavy atom. The van der Waals surface area contributed by atoms with Crippen molar-refractivity contribution in [2.75, 3.05) is 11.4 Å². The number of fused-ring (bicyclic) bond motifs is 1. The molecule has 1 aliphatic rings. The van der Waals surface area contributed by atoms with Gasteiger partial charge in [-0.1, -0.05) is 0 Å². The minimum absolute atomic E-state index is 0.316. The van der Waals surface area contributed by atoms with Crippen LogP contribution in [0.1, 0.15) is 32.2 Å². The fourth-order valence-corrected chi connectivity index (χ4v) is 1.93. The van der Waals surface area contributed by atoms with Crippen LogP contribution >= 0.6 is 0 Å². The molecule has 0 atom stereocenters. The molecule has 5 nitrogen and oxygen atoms in total. The van der Waals surface area contributed by atoms with Gasteiger partial charge in [-0.15, -0.1) is 0 Å². The van der Waals surface area contributed by atoms with E-state index in [2.05, 4.69) is 4.98 Å². The van der Waals surface area contributed by atoms with Gasteiger partial charge in [0, 0.05) is 19.5 Å². The summed E-state index contributed by atoms with van der Waals surface area (Å²) in [7, 11) is 0. The molecule has 2 N–H and O–H groups in total. The Morgan fingerprint density at radius 2 is 2.22 bits per heavy atom. The van der Waals surface area contributed by atoms with Crippen molar-refractivity contribution in [3.8, 4) is 0 Å². The third-order valence-electron chi connectivity index (χ3n) is 2.69. The molecule has 0 bridgehead atoms. The van der Waals surface area contributed by atoms with Gasteiger partial charge < -0.3 is 10.5 Å². The minimum atomic E-state index is -0.482. The Balaban J connectivity index is 2.19. The molecular formula is C13H19N3O2. The Bertz CT molecular complexity index is 466. The fourth-order valence-electron chi connectivity index (χ4n) is 1.93. The van der Waals surface area contributed by atoms with E-state index in [1.807, 2.05) is 32.9 Å². The predicted octanol–water partition coefficient (Wildman–Crippen LogP) is 1.84. The van der Waals surface area contributed by atoms with Crippen LogP contribution in [0.3, 0.4) is 0 Å². The van der Waals surface area contributed by atoms with E-state index >= 15 is 0 Å². The summed E-state index contributed by atoms with van der Waals surface area (Å²) >= 11 is 0. The van der Waals surface area contributed by atoms with Crippen LogP contribution in [0.4, 0.5) is 10.5 Å². The lowest BCUT2D eigenvalue weighted by Gasteiger charge is -2.24. The Morgan fingerprint density at radius 1 is 1.50 bits per heavy atom. The Hall–Kier alpha value is -1.62. The lowest BCUT2D eigenvalue weighted by molar-refractivity contribution is 0.0584. The molecule has 0 radical (unpaired) electrons. The lowest BCUT2D eigenvalue weighted by atomic mass is 10.2. The summed E-state index contributed by atoms with van der Waals surface area (Å²) < 4.78 is 5.37. The monoisotopic (exact) mass is 249 g/mol. The van der Waals surface area contributed by atoms with E-state index in [-0.39, 0.29) is 6.09 Å². The molecule has 2 heterocycles. The fraction of sp³-hybridized carbons (Fsp3) is 0.538. The second kappa shape index (κ2) is 4.57. The zero-order chi connectivity index (χ0) is 13.3. The van der Waals surface area contributed by atoms with Crippen LogP contribution in [0.25, 0.3) is 0 Å². The number of amides is 1. The summed E-state index contributed by atoms with van der Waals surface area (Å²) in [6.07, 6.45) is 0.436. The molecule has 0 saturated carbocycles. The molecule has 98 valence electrons. The molecule has 5 heteroatoms. The largest absolute Gasteiger partial charge is 0.443 e. The minimum Gasteiger partial charge on any atom is -0.443 e. The number of nitrogens with zero attached hydrogens (tertiary/aromatic N) is 2. The number of aromatic nitrogens is 1. The summed E-state index contributed by atoms with van der Waals surface area (Å²) in [5, 5.41) is 0. The summed E-state index contributed by atoms with van der Waals surface area (Å²) in [6, 6.07) is 3.74. The van der Waals surface area contributed by atoms with Crippen molar-refractivity contribution in [1.82, 2.24) is 4.98 Å². The summed E-state index contributed by atoms with van der Waals surface area (Å²) in [5.74, 6) is 0. The number of hydrogen-bond acceptors (Lipinski definition) is 4. The van der Waals surface area contributed by atoms with Gasteiger partial charge >= 0.3 is 6.09 Å². The molecule has 0 fully saturated rings. The van der Waals surface area contributed by atoms with Gasteiger partial charge in [0.25, 0.3) is 0 Å². The molecule has 0 aliphatic carbocycles. The predicted molar refractivity (Wildman–Crippen MR) is 69.4 cm³/mol. The van der Waals surface area contributed by atoms with Crippen molar-refractivity contribution in [2.24, 2.45) is 5.73 Å². The summed E-state index contributed by atoms with van der Waals surface area (Å²) in [5.41, 5.74) is 7.67. The van der Waals surface area contributed by atoms with E-state index in [1.54, 1.807) is 4.90 Å². The second-order valence-corrected chi connectivity index (χ2v) is 5.35. The lowest BCUT2D eigenvalue weighted by Crippen LogP contribution is -2.35. The molecule has 0 aromatic carbocycles. The smallest absolute Gasteiger partial charge is 0.414 e. The first-order chi connectivity index (χ1) is 8.40. The van der Waals surface area contributed by atoms with Crippen molar-refractivity contribution in [3.63, 3.8) is 0 Å². The summed E-state index contributed by atoms with van der Waals surface area (Å²) in [4.78, 5) is 18.1. The molecule has 0 spiro atoms. The molecule has 1 aromatic rings. The van der Waals surface area contributed by atoms with E-state index in [0.717, 1.165) is 23.5 Å². The third-order valence-corrected chi connectivity index (χ3v) is 2.69. The van der Waals surface area contributed by atoms with Crippen LogP contribution in [-0.4, -0.2) is 23.2 Å². The molecular weight excluding hydrogens is 230 g/mol. The standard InChI is InChI=1S/C13H19N3O2/c1-13(2,3)18-12(17)16-7-6-10-11(16)5-4-9(8-14)15-10/h4-5H,6-8,14H2,1-3H3. The van der Waals surface area contributed by atoms with Gasteiger partial charge in [0.2, 0.25) is 0 Å². The maximum absolute atomic E-state index is 12.0. The van der Waals surface area contributed by atoms with Crippen molar-refractivity contribution in [1.29, 1.82) is 0 Å². The van der Waals surface area contributed by atoms with Gasteiger partial charge in [0.1, 0.15) is 5.60 Å². The quantitative estimate of drug-likeness (QED) is 0.824. The average molecular weight is 249 g/mol. The van der Waals surface area contributed by atoms with Crippen LogP contribution in [-0.2, 0) is 17.7 Å². The van der Waals surface area contributed by atoms with E-state index in [9.17, 15) is 4.79 Å². The van der Waals surface area contributed by atoms with Gasteiger partial charge in [0.15, 0.2) is 0 Å². The van der Waals surface area contributed by atoms with Crippen molar-refractivity contribution in [2.45, 2.75) is 39.3 Å². The number of rotatable bonds is 1. The van der Waals surface area contributed by atoms with Crippen LogP contribution < -0.4 is 10.6 Å². The number of carbonyl (C=O) groups is 1. The van der Waals surface area contributed by atoms with Gasteiger partial charge in [-0.25, -0.2) is 4.79 Å². The highest BCUT2D eigenvalue weighted by molar-refractivity contribution is 5.90. The van der Waals surface area contributed by atoms with Crippen molar-refractivity contribution >= 4 is 11.8 Å². The number of anilines is 1.